The molecule has 2 aromatic heterocycles. The van der Waals surface area contributed by atoms with Crippen LogP contribution in [0.25, 0.3) is 5.69 Å². The summed E-state index contributed by atoms with van der Waals surface area (Å²) in [5.41, 5.74) is 1.77. The Hall–Kier alpha value is -2.90. The molecule has 1 atom stereocenters. The molecule has 1 N–H and O–H groups in total. The lowest BCUT2D eigenvalue weighted by molar-refractivity contribution is -0.122. The molecule has 2 aliphatic rings. The zero-order chi connectivity index (χ0) is 21.8. The molecular formula is C25H31N5O2. The van der Waals surface area contributed by atoms with Gasteiger partial charge in [0.1, 0.15) is 5.76 Å². The zero-order valence-electron chi connectivity index (χ0n) is 18.4. The average molecular weight is 434 g/mol. The number of hydrogen-bond acceptors (Lipinski definition) is 5. The van der Waals surface area contributed by atoms with Crippen molar-refractivity contribution in [2.75, 3.05) is 31.5 Å². The van der Waals surface area contributed by atoms with Crippen molar-refractivity contribution in [3.8, 4) is 5.69 Å². The topological polar surface area (TPSA) is 66.5 Å². The minimum absolute atomic E-state index is 0.0401. The van der Waals surface area contributed by atoms with E-state index in [2.05, 4.69) is 20.2 Å². The maximum atomic E-state index is 13.0. The second-order valence-corrected chi connectivity index (χ2v) is 8.91. The molecule has 2 fully saturated rings. The lowest BCUT2D eigenvalue weighted by Crippen LogP contribution is -2.50. The van der Waals surface area contributed by atoms with Crippen molar-refractivity contribution < 1.29 is 9.21 Å². The summed E-state index contributed by atoms with van der Waals surface area (Å²) >= 11 is 0. The predicted molar refractivity (Wildman–Crippen MR) is 123 cm³/mol. The Kier molecular flexibility index (Phi) is 6.36. The maximum Gasteiger partial charge on any atom is 0.228 e. The number of likely N-dealkylation sites (tertiary alicyclic amines) is 2. The lowest BCUT2D eigenvalue weighted by Gasteiger charge is -2.41. The van der Waals surface area contributed by atoms with Crippen molar-refractivity contribution >= 4 is 11.6 Å². The number of nitrogens with one attached hydrogen (secondary N) is 1. The number of amides is 1. The Labute approximate surface area is 189 Å². The molecule has 4 heterocycles. The van der Waals surface area contributed by atoms with Gasteiger partial charge in [0, 0.05) is 43.8 Å². The van der Waals surface area contributed by atoms with E-state index in [1.54, 1.807) is 17.1 Å². The number of aromatic nitrogens is 2. The van der Waals surface area contributed by atoms with E-state index in [1.165, 1.54) is 0 Å². The van der Waals surface area contributed by atoms with Gasteiger partial charge in [-0.3, -0.25) is 14.6 Å². The number of nitrogens with zero attached hydrogens (tertiary/aromatic N) is 4. The van der Waals surface area contributed by atoms with Crippen LogP contribution in [0.4, 0.5) is 5.69 Å². The van der Waals surface area contributed by atoms with Crippen LogP contribution in [0.3, 0.4) is 0 Å². The summed E-state index contributed by atoms with van der Waals surface area (Å²) in [5.74, 6) is 1.20. The van der Waals surface area contributed by atoms with Gasteiger partial charge in [-0.15, -0.1) is 0 Å². The third kappa shape index (κ3) is 4.95. The fourth-order valence-corrected chi connectivity index (χ4v) is 5.01. The highest BCUT2D eigenvalue weighted by molar-refractivity contribution is 5.93. The Morgan fingerprint density at radius 2 is 2.00 bits per heavy atom. The van der Waals surface area contributed by atoms with Crippen LogP contribution in [0.2, 0.25) is 0 Å². The number of carbonyl (C=O) groups excluding carboxylic acids is 1. The molecule has 0 spiro atoms. The van der Waals surface area contributed by atoms with Gasteiger partial charge in [-0.2, -0.15) is 5.10 Å². The van der Waals surface area contributed by atoms with Crippen LogP contribution in [0.15, 0.2) is 65.5 Å². The summed E-state index contributed by atoms with van der Waals surface area (Å²) < 4.78 is 7.30. The van der Waals surface area contributed by atoms with E-state index >= 15 is 0 Å². The van der Waals surface area contributed by atoms with Crippen LogP contribution in [-0.2, 0) is 11.3 Å². The molecule has 7 heteroatoms. The number of piperidine rings is 2. The van der Waals surface area contributed by atoms with Crippen molar-refractivity contribution in [3.63, 3.8) is 0 Å². The molecule has 7 nitrogen and oxygen atoms in total. The third-order valence-corrected chi connectivity index (χ3v) is 6.74. The molecule has 0 aliphatic carbocycles. The van der Waals surface area contributed by atoms with Gasteiger partial charge in [0.2, 0.25) is 5.91 Å². The van der Waals surface area contributed by atoms with Crippen LogP contribution in [-0.4, -0.2) is 57.7 Å². The molecule has 32 heavy (non-hydrogen) atoms. The van der Waals surface area contributed by atoms with Crippen molar-refractivity contribution in [3.05, 3.63) is 66.9 Å². The molecule has 0 radical (unpaired) electrons. The molecule has 3 aromatic rings. The first kappa shape index (κ1) is 21.0. The smallest absolute Gasteiger partial charge is 0.228 e. The van der Waals surface area contributed by atoms with Crippen LogP contribution >= 0.6 is 0 Å². The SMILES string of the molecule is O=C(Nc1cccc(-n2cccn2)c1)[C@@H]1CCCN(C2CCN(Cc3ccco3)CC2)C1. The van der Waals surface area contributed by atoms with Gasteiger partial charge in [-0.1, -0.05) is 6.07 Å². The Bertz CT molecular complexity index is 993. The molecule has 2 saturated heterocycles. The molecule has 168 valence electrons. The molecule has 0 saturated carbocycles. The summed E-state index contributed by atoms with van der Waals surface area (Å²) in [7, 11) is 0. The van der Waals surface area contributed by atoms with Crippen molar-refractivity contribution in [1.82, 2.24) is 19.6 Å². The second kappa shape index (κ2) is 9.71. The summed E-state index contributed by atoms with van der Waals surface area (Å²) in [6.07, 6.45) is 9.75. The molecule has 1 aromatic carbocycles. The monoisotopic (exact) mass is 433 g/mol. The molecule has 2 aliphatic heterocycles. The highest BCUT2D eigenvalue weighted by Gasteiger charge is 2.31. The summed E-state index contributed by atoms with van der Waals surface area (Å²) in [5, 5.41) is 7.42. The first-order valence-electron chi connectivity index (χ1n) is 11.6. The normalized spacial score (nSPS) is 20.9. The average Bonchev–Trinajstić information content (AvgIpc) is 3.55. The molecule has 5 rings (SSSR count). The third-order valence-electron chi connectivity index (χ3n) is 6.74. The second-order valence-electron chi connectivity index (χ2n) is 8.91. The fourth-order valence-electron chi connectivity index (χ4n) is 5.01. The maximum absolute atomic E-state index is 13.0. The zero-order valence-corrected chi connectivity index (χ0v) is 18.4. The number of rotatable bonds is 6. The number of furan rings is 1. The quantitative estimate of drug-likeness (QED) is 0.641. The fraction of sp³-hybridized carbons (Fsp3) is 0.440. The van der Waals surface area contributed by atoms with E-state index in [-0.39, 0.29) is 11.8 Å². The lowest BCUT2D eigenvalue weighted by atomic mass is 9.93. The van der Waals surface area contributed by atoms with Gasteiger partial charge in [0.15, 0.2) is 0 Å². The van der Waals surface area contributed by atoms with Crippen molar-refractivity contribution in [2.24, 2.45) is 5.92 Å². The summed E-state index contributed by atoms with van der Waals surface area (Å²) in [6.45, 7) is 5.01. The number of benzene rings is 1. The van der Waals surface area contributed by atoms with Crippen LogP contribution in [0, 0.1) is 5.92 Å². The van der Waals surface area contributed by atoms with Crippen LogP contribution < -0.4 is 5.32 Å². The molecule has 1 amide bonds. The van der Waals surface area contributed by atoms with Crippen LogP contribution in [0.1, 0.15) is 31.4 Å². The van der Waals surface area contributed by atoms with Gasteiger partial charge in [0.25, 0.3) is 0 Å². The highest BCUT2D eigenvalue weighted by atomic mass is 16.3. The minimum Gasteiger partial charge on any atom is -0.468 e. The Morgan fingerprint density at radius 1 is 1.09 bits per heavy atom. The van der Waals surface area contributed by atoms with Crippen LogP contribution in [0.5, 0.6) is 0 Å². The van der Waals surface area contributed by atoms with E-state index in [9.17, 15) is 4.79 Å². The standard InChI is InChI=1S/C25H31N5O2/c31-25(27-21-6-1-7-23(17-21)30-13-4-11-26-30)20-5-2-12-29(18-20)22-9-14-28(15-10-22)19-24-8-3-16-32-24/h1,3-4,6-8,11,13,16-17,20,22H,2,5,9-10,12,14-15,18-19H2,(H,27,31)/t20-/m1/s1. The molecule has 0 unspecified atom stereocenters. The Balaban J connectivity index is 1.14. The largest absolute Gasteiger partial charge is 0.468 e. The van der Waals surface area contributed by atoms with Gasteiger partial charge in [-0.25, -0.2) is 4.68 Å². The van der Waals surface area contributed by atoms with Gasteiger partial charge < -0.3 is 9.73 Å². The Morgan fingerprint density at radius 3 is 2.78 bits per heavy atom. The van der Waals surface area contributed by atoms with Gasteiger partial charge in [-0.05, 0) is 68.6 Å². The van der Waals surface area contributed by atoms with Gasteiger partial charge in [0.05, 0.1) is 24.4 Å². The molecular weight excluding hydrogens is 402 g/mol. The first-order valence-corrected chi connectivity index (χ1v) is 11.6. The van der Waals surface area contributed by atoms with Crippen molar-refractivity contribution in [2.45, 2.75) is 38.3 Å². The minimum atomic E-state index is 0.0401. The van der Waals surface area contributed by atoms with E-state index < -0.39 is 0 Å². The van der Waals surface area contributed by atoms with E-state index in [4.69, 9.17) is 4.42 Å². The summed E-state index contributed by atoms with van der Waals surface area (Å²) in [4.78, 5) is 18.1. The predicted octanol–water partition coefficient (Wildman–Crippen LogP) is 3.78. The van der Waals surface area contributed by atoms with E-state index in [1.807, 2.05) is 48.7 Å². The van der Waals surface area contributed by atoms with Crippen molar-refractivity contribution in [1.29, 1.82) is 0 Å². The molecule has 0 bridgehead atoms. The first-order chi connectivity index (χ1) is 15.7. The van der Waals surface area contributed by atoms with E-state index in [0.29, 0.717) is 6.04 Å². The highest BCUT2D eigenvalue weighted by Crippen LogP contribution is 2.26. The number of carbonyl (C=O) groups is 1. The number of anilines is 1. The van der Waals surface area contributed by atoms with E-state index in [0.717, 1.165) is 75.5 Å². The summed E-state index contributed by atoms with van der Waals surface area (Å²) in [6, 6.07) is 14.3. The number of hydrogen-bond donors (Lipinski definition) is 1. The van der Waals surface area contributed by atoms with Gasteiger partial charge >= 0.3 is 0 Å².